The largest absolute Gasteiger partial charge is 0.493 e. The maximum absolute atomic E-state index is 13.7. The molecule has 1 aromatic rings. The second kappa shape index (κ2) is 6.04. The van der Waals surface area contributed by atoms with Gasteiger partial charge in [0, 0.05) is 18.0 Å². The third kappa shape index (κ3) is 2.74. The molecule has 0 spiro atoms. The molecule has 4 nitrogen and oxygen atoms in total. The average Bonchev–Trinajstić information content (AvgIpc) is 2.63. The topological polar surface area (TPSA) is 38.8 Å². The Labute approximate surface area is 166 Å². The molecular weight excluding hydrogens is 362 g/mol. The van der Waals surface area contributed by atoms with Crippen LogP contribution in [-0.2, 0) is 17.8 Å². The molecule has 2 atom stereocenters. The van der Waals surface area contributed by atoms with Gasteiger partial charge in [-0.05, 0) is 80.0 Å². The van der Waals surface area contributed by atoms with Crippen LogP contribution in [0.1, 0.15) is 49.7 Å². The number of carbonyl (C=O) groups excluding carboxylic acids is 1. The highest BCUT2D eigenvalue weighted by atomic mass is 35.5. The first kappa shape index (κ1) is 17.7. The van der Waals surface area contributed by atoms with Gasteiger partial charge in [-0.25, -0.2) is 0 Å². The van der Waals surface area contributed by atoms with Crippen LogP contribution in [-0.4, -0.2) is 36.4 Å². The minimum atomic E-state index is -0.208. The van der Waals surface area contributed by atoms with E-state index in [1.54, 1.807) is 14.2 Å². The number of hydrogen-bond donors (Lipinski definition) is 0. The van der Waals surface area contributed by atoms with Crippen molar-refractivity contribution in [1.82, 2.24) is 4.90 Å². The van der Waals surface area contributed by atoms with Crippen molar-refractivity contribution in [3.8, 4) is 11.5 Å². The lowest BCUT2D eigenvalue weighted by Crippen LogP contribution is -2.59. The lowest BCUT2D eigenvalue weighted by molar-refractivity contribution is -0.157. The van der Waals surface area contributed by atoms with Gasteiger partial charge in [-0.2, -0.15) is 0 Å². The Kier molecular flexibility index (Phi) is 3.95. The van der Waals surface area contributed by atoms with Gasteiger partial charge in [0.25, 0.3) is 0 Å². The standard InChI is InChI=1S/C22H28ClNO3/c1-26-18-6-16-3-4-24(12-17(16)7-19(18)27-2)20(25)21-8-14-5-15(9-21)11-22(23,10-14)13-21/h6-7,14-15H,3-5,8-13H2,1-2H3/t14-,15-,21?,22?/m0/s1. The molecule has 0 aromatic heterocycles. The van der Waals surface area contributed by atoms with E-state index in [0.717, 1.165) is 56.6 Å². The molecular formula is C22H28ClNO3. The van der Waals surface area contributed by atoms with E-state index in [0.29, 0.717) is 24.3 Å². The van der Waals surface area contributed by atoms with Crippen LogP contribution in [0.5, 0.6) is 11.5 Å². The monoisotopic (exact) mass is 389 g/mol. The van der Waals surface area contributed by atoms with Crippen molar-refractivity contribution < 1.29 is 14.3 Å². The predicted molar refractivity (Wildman–Crippen MR) is 104 cm³/mol. The molecule has 1 aromatic carbocycles. The Morgan fingerprint density at radius 3 is 2.30 bits per heavy atom. The predicted octanol–water partition coefficient (Wildman–Crippen LogP) is 4.17. The molecule has 1 heterocycles. The van der Waals surface area contributed by atoms with Crippen LogP contribution in [0.2, 0.25) is 0 Å². The van der Waals surface area contributed by atoms with E-state index in [4.69, 9.17) is 21.1 Å². The molecule has 27 heavy (non-hydrogen) atoms. The van der Waals surface area contributed by atoms with Crippen LogP contribution in [0.25, 0.3) is 0 Å². The molecule has 4 aliphatic carbocycles. The number of fused-ring (bicyclic) bond motifs is 1. The number of alkyl halides is 1. The highest BCUT2D eigenvalue weighted by Crippen LogP contribution is 2.64. The minimum absolute atomic E-state index is 0.121. The van der Waals surface area contributed by atoms with Gasteiger partial charge in [0.2, 0.25) is 5.91 Å². The van der Waals surface area contributed by atoms with E-state index in [9.17, 15) is 4.79 Å². The van der Waals surface area contributed by atoms with Gasteiger partial charge in [-0.1, -0.05) is 0 Å². The fourth-order valence-corrected chi connectivity index (χ4v) is 7.49. The number of rotatable bonds is 3. The Morgan fingerprint density at radius 2 is 1.70 bits per heavy atom. The van der Waals surface area contributed by atoms with Gasteiger partial charge in [0.05, 0.1) is 19.6 Å². The summed E-state index contributed by atoms with van der Waals surface area (Å²) in [5.41, 5.74) is 2.23. The zero-order chi connectivity index (χ0) is 18.8. The number of amides is 1. The first-order valence-electron chi connectivity index (χ1n) is 10.2. The van der Waals surface area contributed by atoms with Crippen molar-refractivity contribution in [2.45, 2.75) is 56.4 Å². The van der Waals surface area contributed by atoms with Crippen molar-refractivity contribution in [1.29, 1.82) is 0 Å². The van der Waals surface area contributed by atoms with Gasteiger partial charge in [0.15, 0.2) is 11.5 Å². The second-order valence-corrected chi connectivity index (χ2v) is 10.1. The molecule has 0 radical (unpaired) electrons. The number of halogens is 1. The summed E-state index contributed by atoms with van der Waals surface area (Å²) in [6.45, 7) is 1.45. The summed E-state index contributed by atoms with van der Waals surface area (Å²) in [4.78, 5) is 15.7. The van der Waals surface area contributed by atoms with Gasteiger partial charge in [-0.3, -0.25) is 4.79 Å². The normalized spacial score (nSPS) is 36.5. The molecule has 5 aliphatic rings. The van der Waals surface area contributed by atoms with E-state index >= 15 is 0 Å². The maximum atomic E-state index is 13.7. The zero-order valence-electron chi connectivity index (χ0n) is 16.2. The highest BCUT2D eigenvalue weighted by molar-refractivity contribution is 6.24. The summed E-state index contributed by atoms with van der Waals surface area (Å²) in [5, 5.41) is 0. The van der Waals surface area contributed by atoms with Crippen LogP contribution in [0.3, 0.4) is 0 Å². The molecule has 5 heteroatoms. The van der Waals surface area contributed by atoms with Crippen molar-refractivity contribution >= 4 is 17.5 Å². The fourth-order valence-electron chi connectivity index (χ4n) is 6.79. The Balaban J connectivity index is 1.41. The summed E-state index contributed by atoms with van der Waals surface area (Å²) in [7, 11) is 3.32. The van der Waals surface area contributed by atoms with E-state index < -0.39 is 0 Å². The number of nitrogens with zero attached hydrogens (tertiary/aromatic N) is 1. The smallest absolute Gasteiger partial charge is 0.229 e. The van der Waals surface area contributed by atoms with E-state index in [1.165, 1.54) is 17.5 Å². The van der Waals surface area contributed by atoms with E-state index in [1.807, 2.05) is 6.07 Å². The quantitative estimate of drug-likeness (QED) is 0.728. The molecule has 0 unspecified atom stereocenters. The van der Waals surface area contributed by atoms with E-state index in [2.05, 4.69) is 11.0 Å². The molecule has 1 aliphatic heterocycles. The van der Waals surface area contributed by atoms with Crippen molar-refractivity contribution in [2.75, 3.05) is 20.8 Å². The molecule has 0 N–H and O–H groups in total. The Bertz CT molecular complexity index is 778. The molecule has 6 rings (SSSR count). The number of methoxy groups -OCH3 is 2. The molecule has 1 amide bonds. The molecule has 0 saturated heterocycles. The first-order chi connectivity index (χ1) is 12.9. The SMILES string of the molecule is COc1cc2c(cc1OC)CN(C(=O)C13C[C@@H]4C[C@H](CC(Cl)(C4)C1)C3)CC2. The third-order valence-corrected chi connectivity index (χ3v) is 7.89. The summed E-state index contributed by atoms with van der Waals surface area (Å²) < 4.78 is 10.9. The zero-order valence-corrected chi connectivity index (χ0v) is 17.0. The minimum Gasteiger partial charge on any atom is -0.493 e. The lowest BCUT2D eigenvalue weighted by atomic mass is 9.49. The molecule has 4 saturated carbocycles. The Morgan fingerprint density at radius 1 is 1.07 bits per heavy atom. The molecule has 146 valence electrons. The summed E-state index contributed by atoms with van der Waals surface area (Å²) in [6, 6.07) is 4.10. The average molecular weight is 390 g/mol. The third-order valence-electron chi connectivity index (χ3n) is 7.45. The number of hydrogen-bond acceptors (Lipinski definition) is 3. The van der Waals surface area contributed by atoms with Gasteiger partial charge < -0.3 is 14.4 Å². The molecule has 4 bridgehead atoms. The molecule has 4 fully saturated rings. The number of benzene rings is 1. The van der Waals surface area contributed by atoms with Gasteiger partial charge >= 0.3 is 0 Å². The van der Waals surface area contributed by atoms with Crippen LogP contribution in [0.15, 0.2) is 12.1 Å². The summed E-state index contributed by atoms with van der Waals surface area (Å²) >= 11 is 6.96. The highest BCUT2D eigenvalue weighted by Gasteiger charge is 2.60. The maximum Gasteiger partial charge on any atom is 0.229 e. The number of ether oxygens (including phenoxy) is 2. The van der Waals surface area contributed by atoms with Gasteiger partial charge in [0.1, 0.15) is 0 Å². The van der Waals surface area contributed by atoms with Crippen molar-refractivity contribution in [2.24, 2.45) is 17.3 Å². The van der Waals surface area contributed by atoms with Crippen LogP contribution < -0.4 is 9.47 Å². The van der Waals surface area contributed by atoms with Crippen LogP contribution >= 0.6 is 11.6 Å². The van der Waals surface area contributed by atoms with Crippen LogP contribution in [0, 0.1) is 17.3 Å². The first-order valence-corrected chi connectivity index (χ1v) is 10.5. The summed E-state index contributed by atoms with van der Waals surface area (Å²) in [5.74, 6) is 3.14. The van der Waals surface area contributed by atoms with Crippen molar-refractivity contribution in [3.63, 3.8) is 0 Å². The van der Waals surface area contributed by atoms with Gasteiger partial charge in [-0.15, -0.1) is 11.6 Å². The van der Waals surface area contributed by atoms with Crippen LogP contribution in [0.4, 0.5) is 0 Å². The van der Waals surface area contributed by atoms with E-state index in [-0.39, 0.29) is 10.3 Å². The summed E-state index contributed by atoms with van der Waals surface area (Å²) in [6.07, 6.45) is 7.35. The second-order valence-electron chi connectivity index (χ2n) is 9.34. The van der Waals surface area contributed by atoms with Crippen molar-refractivity contribution in [3.05, 3.63) is 23.3 Å². The Hall–Kier alpha value is -1.42. The number of carbonyl (C=O) groups is 1. The lowest BCUT2D eigenvalue weighted by Gasteiger charge is -2.60. The fraction of sp³-hybridized carbons (Fsp3) is 0.682.